The largest absolute Gasteiger partial charge is 0.478 e. The number of amides is 1. The maximum Gasteiger partial charge on any atom is 0.337 e. The first-order chi connectivity index (χ1) is 13.8. The number of carboxylic acid groups (broad SMARTS) is 1. The van der Waals surface area contributed by atoms with Gasteiger partial charge in [0.2, 0.25) is 5.91 Å². The maximum absolute atomic E-state index is 12.2. The molecule has 0 saturated heterocycles. The molecule has 0 spiro atoms. The van der Waals surface area contributed by atoms with Crippen LogP contribution < -0.4 is 5.32 Å². The van der Waals surface area contributed by atoms with Crippen LogP contribution in [0.4, 0.5) is 5.69 Å². The van der Waals surface area contributed by atoms with E-state index in [2.05, 4.69) is 52.2 Å². The fourth-order valence-corrected chi connectivity index (χ4v) is 3.19. The Morgan fingerprint density at radius 3 is 2.55 bits per heavy atom. The monoisotopic (exact) mass is 456 g/mol. The van der Waals surface area contributed by atoms with Crippen molar-refractivity contribution >= 4 is 33.5 Å². The van der Waals surface area contributed by atoms with E-state index >= 15 is 0 Å². The van der Waals surface area contributed by atoms with Crippen LogP contribution in [0, 0.1) is 0 Å². The van der Waals surface area contributed by atoms with Crippen molar-refractivity contribution in [2.75, 3.05) is 5.32 Å². The molecule has 0 bridgehead atoms. The second kappa shape index (κ2) is 9.05. The number of carbonyl (C=O) groups is 2. The smallest absolute Gasteiger partial charge is 0.337 e. The van der Waals surface area contributed by atoms with Gasteiger partial charge in [0.15, 0.2) is 11.7 Å². The van der Waals surface area contributed by atoms with E-state index in [1.165, 1.54) is 11.6 Å². The minimum atomic E-state index is -1.11. The van der Waals surface area contributed by atoms with Crippen LogP contribution in [0.5, 0.6) is 0 Å². The van der Waals surface area contributed by atoms with Gasteiger partial charge in [-0.3, -0.25) is 4.79 Å². The number of aromatic nitrogens is 1. The van der Waals surface area contributed by atoms with E-state index in [-0.39, 0.29) is 23.6 Å². The van der Waals surface area contributed by atoms with Crippen LogP contribution in [0.15, 0.2) is 57.6 Å². The first kappa shape index (κ1) is 20.8. The molecule has 1 heterocycles. The number of nitrogens with zero attached hydrogens (tertiary/aromatic N) is 1. The Kier molecular flexibility index (Phi) is 6.49. The molecule has 3 aromatic rings. The van der Waals surface area contributed by atoms with Crippen LogP contribution in [-0.2, 0) is 11.2 Å². The van der Waals surface area contributed by atoms with Crippen molar-refractivity contribution in [3.8, 4) is 11.3 Å². The minimum absolute atomic E-state index is 0.0241. The zero-order chi connectivity index (χ0) is 21.0. The number of oxazole rings is 1. The van der Waals surface area contributed by atoms with Gasteiger partial charge in [-0.2, -0.15) is 0 Å². The lowest BCUT2D eigenvalue weighted by Crippen LogP contribution is -2.15. The Morgan fingerprint density at radius 1 is 1.17 bits per heavy atom. The van der Waals surface area contributed by atoms with Gasteiger partial charge in [0.25, 0.3) is 0 Å². The first-order valence-electron chi connectivity index (χ1n) is 9.21. The number of aryl methyl sites for hydroxylation is 1. The average molecular weight is 457 g/mol. The quantitative estimate of drug-likeness (QED) is 0.489. The number of aromatic carboxylic acids is 1. The summed E-state index contributed by atoms with van der Waals surface area (Å²) < 4.78 is 6.38. The van der Waals surface area contributed by atoms with Gasteiger partial charge in [-0.25, -0.2) is 9.78 Å². The summed E-state index contributed by atoms with van der Waals surface area (Å²) in [5.41, 5.74) is 2.46. The van der Waals surface area contributed by atoms with Crippen LogP contribution in [0.2, 0.25) is 0 Å². The fraction of sp³-hybridized carbons (Fsp3) is 0.227. The molecule has 0 radical (unpaired) electrons. The summed E-state index contributed by atoms with van der Waals surface area (Å²) >= 11 is 3.23. The van der Waals surface area contributed by atoms with Crippen LogP contribution in [0.3, 0.4) is 0 Å². The Bertz CT molecular complexity index is 1030. The highest BCUT2D eigenvalue weighted by Gasteiger charge is 2.14. The third kappa shape index (κ3) is 5.32. The first-order valence-corrected chi connectivity index (χ1v) is 10.0. The summed E-state index contributed by atoms with van der Waals surface area (Å²) in [5.74, 6) is 0.146. The van der Waals surface area contributed by atoms with Crippen LogP contribution in [0.1, 0.15) is 48.0 Å². The second-order valence-corrected chi connectivity index (χ2v) is 7.85. The molecule has 2 N–H and O–H groups in total. The van der Waals surface area contributed by atoms with Crippen LogP contribution in [-0.4, -0.2) is 22.0 Å². The molecule has 0 aliphatic carbocycles. The highest BCUT2D eigenvalue weighted by atomic mass is 79.9. The van der Waals surface area contributed by atoms with Crippen molar-refractivity contribution in [3.63, 3.8) is 0 Å². The van der Waals surface area contributed by atoms with E-state index in [4.69, 9.17) is 4.42 Å². The molecular formula is C22H21BrN2O4. The lowest BCUT2D eigenvalue weighted by molar-refractivity contribution is -0.116. The number of benzene rings is 2. The summed E-state index contributed by atoms with van der Waals surface area (Å²) in [4.78, 5) is 27.8. The van der Waals surface area contributed by atoms with E-state index in [0.29, 0.717) is 28.5 Å². The van der Waals surface area contributed by atoms with Gasteiger partial charge in [0, 0.05) is 22.9 Å². The normalized spacial score (nSPS) is 10.9. The fourth-order valence-electron chi connectivity index (χ4n) is 2.83. The Balaban J connectivity index is 1.61. The van der Waals surface area contributed by atoms with E-state index < -0.39 is 5.97 Å². The number of hydrogen-bond donors (Lipinski definition) is 2. The summed E-state index contributed by atoms with van der Waals surface area (Å²) in [6.45, 7) is 4.28. The number of nitrogens with one attached hydrogen (secondary N) is 1. The highest BCUT2D eigenvalue weighted by Crippen LogP contribution is 2.24. The molecule has 29 heavy (non-hydrogen) atoms. The average Bonchev–Trinajstić information content (AvgIpc) is 3.17. The number of carbonyl (C=O) groups excluding carboxylic acids is 1. The topological polar surface area (TPSA) is 92.4 Å². The maximum atomic E-state index is 12.2. The molecule has 0 aliphatic heterocycles. The van der Waals surface area contributed by atoms with Crippen molar-refractivity contribution in [2.45, 2.75) is 32.6 Å². The van der Waals surface area contributed by atoms with Crippen molar-refractivity contribution < 1.29 is 19.1 Å². The summed E-state index contributed by atoms with van der Waals surface area (Å²) in [7, 11) is 0. The second-order valence-electron chi connectivity index (χ2n) is 6.94. The number of hydrogen-bond acceptors (Lipinski definition) is 4. The molecule has 3 rings (SSSR count). The van der Waals surface area contributed by atoms with Crippen molar-refractivity contribution in [1.82, 2.24) is 4.98 Å². The predicted octanol–water partition coefficient (Wildman–Crippen LogP) is 5.50. The lowest BCUT2D eigenvalue weighted by Gasteiger charge is -2.08. The third-order valence-corrected chi connectivity index (χ3v) is 4.96. The molecule has 2 aromatic carbocycles. The van der Waals surface area contributed by atoms with Gasteiger partial charge in [-0.15, -0.1) is 0 Å². The lowest BCUT2D eigenvalue weighted by atomic mass is 10.0. The Labute approximate surface area is 177 Å². The van der Waals surface area contributed by atoms with Crippen LogP contribution >= 0.6 is 15.9 Å². The molecule has 1 aromatic heterocycles. The highest BCUT2D eigenvalue weighted by molar-refractivity contribution is 9.10. The molecule has 0 atom stereocenters. The molecular weight excluding hydrogens is 436 g/mol. The summed E-state index contributed by atoms with van der Waals surface area (Å²) in [6, 6.07) is 12.8. The SMILES string of the molecule is CC(C)c1ccc(-c2cnc(CCC(=O)Nc3ccc(Br)cc3C(=O)O)o2)cc1. The molecule has 0 aliphatic rings. The zero-order valence-corrected chi connectivity index (χ0v) is 17.7. The Hall–Kier alpha value is -2.93. The van der Waals surface area contributed by atoms with Gasteiger partial charge in [0.05, 0.1) is 17.4 Å². The van der Waals surface area contributed by atoms with Gasteiger partial charge in [0.1, 0.15) is 0 Å². The molecule has 7 heteroatoms. The van der Waals surface area contributed by atoms with Gasteiger partial charge >= 0.3 is 5.97 Å². The van der Waals surface area contributed by atoms with E-state index in [0.717, 1.165) is 5.56 Å². The van der Waals surface area contributed by atoms with Crippen molar-refractivity contribution in [1.29, 1.82) is 0 Å². The van der Waals surface area contributed by atoms with Crippen LogP contribution in [0.25, 0.3) is 11.3 Å². The predicted molar refractivity (Wildman–Crippen MR) is 114 cm³/mol. The third-order valence-electron chi connectivity index (χ3n) is 4.47. The number of anilines is 1. The van der Waals surface area contributed by atoms with E-state index in [1.807, 2.05) is 12.1 Å². The molecule has 0 saturated carbocycles. The number of rotatable bonds is 7. The van der Waals surface area contributed by atoms with Gasteiger partial charge < -0.3 is 14.8 Å². The Morgan fingerprint density at radius 2 is 1.90 bits per heavy atom. The molecule has 150 valence electrons. The van der Waals surface area contributed by atoms with Crippen molar-refractivity contribution in [3.05, 3.63) is 70.2 Å². The van der Waals surface area contributed by atoms with E-state index in [9.17, 15) is 14.7 Å². The number of halogens is 1. The molecule has 6 nitrogen and oxygen atoms in total. The van der Waals surface area contributed by atoms with Gasteiger partial charge in [-0.1, -0.05) is 54.0 Å². The summed E-state index contributed by atoms with van der Waals surface area (Å²) in [6.07, 6.45) is 2.09. The molecule has 1 amide bonds. The van der Waals surface area contributed by atoms with Crippen molar-refractivity contribution in [2.24, 2.45) is 0 Å². The summed E-state index contributed by atoms with van der Waals surface area (Å²) in [5, 5.41) is 11.9. The minimum Gasteiger partial charge on any atom is -0.478 e. The van der Waals surface area contributed by atoms with Gasteiger partial charge in [-0.05, 0) is 29.7 Å². The zero-order valence-electron chi connectivity index (χ0n) is 16.1. The number of carboxylic acids is 1. The molecule has 0 unspecified atom stereocenters. The van der Waals surface area contributed by atoms with E-state index in [1.54, 1.807) is 18.3 Å². The standard InChI is InChI=1S/C22H21BrN2O4/c1-13(2)14-3-5-15(6-4-14)19-12-24-21(29-19)10-9-20(26)25-18-8-7-16(23)11-17(18)22(27)28/h3-8,11-13H,9-10H2,1-2H3,(H,25,26)(H,27,28). The molecule has 0 fully saturated rings.